The van der Waals surface area contributed by atoms with Crippen LogP contribution in [-0.4, -0.2) is 24.3 Å². The number of carboxylic acid groups (broad SMARTS) is 1. The highest BCUT2D eigenvalue weighted by Gasteiger charge is 2.17. The van der Waals surface area contributed by atoms with Crippen LogP contribution >= 0.6 is 0 Å². The molecule has 0 fully saturated rings. The van der Waals surface area contributed by atoms with Gasteiger partial charge >= 0.3 is 5.97 Å². The summed E-state index contributed by atoms with van der Waals surface area (Å²) in [6.45, 7) is 3.73. The second-order valence-corrected chi connectivity index (χ2v) is 4.47. The zero-order valence-corrected chi connectivity index (χ0v) is 11.1. The van der Waals surface area contributed by atoms with E-state index in [2.05, 4.69) is 0 Å². The maximum Gasteiger partial charge on any atom is 0.339 e. The van der Waals surface area contributed by atoms with Gasteiger partial charge in [0.15, 0.2) is 0 Å². The van der Waals surface area contributed by atoms with Gasteiger partial charge in [-0.2, -0.15) is 0 Å². The number of fused-ring (bicyclic) bond motifs is 1. The molecule has 4 heteroatoms. The molecule has 0 aliphatic heterocycles. The molecule has 1 N–H and O–H groups in total. The minimum absolute atomic E-state index is 0.102. The molecule has 0 heterocycles. The third kappa shape index (κ3) is 2.47. The van der Waals surface area contributed by atoms with Crippen molar-refractivity contribution in [1.29, 1.82) is 0 Å². The van der Waals surface area contributed by atoms with Crippen LogP contribution in [0.5, 0.6) is 11.5 Å². The second kappa shape index (κ2) is 5.18. The number of carboxylic acids is 1. The summed E-state index contributed by atoms with van der Waals surface area (Å²) in [7, 11) is 1.59. The molecule has 0 spiro atoms. The zero-order valence-electron chi connectivity index (χ0n) is 11.1. The van der Waals surface area contributed by atoms with Gasteiger partial charge in [0, 0.05) is 10.8 Å². The third-order valence-electron chi connectivity index (χ3n) is 2.78. The van der Waals surface area contributed by atoms with Crippen molar-refractivity contribution in [2.45, 2.75) is 20.0 Å². The molecule has 0 radical (unpaired) electrons. The van der Waals surface area contributed by atoms with Gasteiger partial charge in [0.25, 0.3) is 0 Å². The van der Waals surface area contributed by atoms with E-state index in [4.69, 9.17) is 9.47 Å². The maximum atomic E-state index is 11.3. The van der Waals surface area contributed by atoms with Gasteiger partial charge in [0.1, 0.15) is 17.1 Å². The second-order valence-electron chi connectivity index (χ2n) is 4.47. The molecule has 2 rings (SSSR count). The van der Waals surface area contributed by atoms with Gasteiger partial charge in [-0.1, -0.05) is 12.1 Å². The van der Waals surface area contributed by atoms with Gasteiger partial charge < -0.3 is 14.6 Å². The number of hydrogen-bond acceptors (Lipinski definition) is 3. The minimum Gasteiger partial charge on any atom is -0.496 e. The molecule has 0 aliphatic rings. The third-order valence-corrected chi connectivity index (χ3v) is 2.78. The molecular formula is C15H16O4. The molecule has 0 amide bonds. The average molecular weight is 260 g/mol. The summed E-state index contributed by atoms with van der Waals surface area (Å²) in [6, 6.07) is 8.78. The van der Waals surface area contributed by atoms with E-state index in [1.165, 1.54) is 0 Å². The molecule has 4 nitrogen and oxygen atoms in total. The van der Waals surface area contributed by atoms with E-state index in [9.17, 15) is 9.90 Å². The Bertz CT molecular complexity index is 617. The summed E-state index contributed by atoms with van der Waals surface area (Å²) in [5.41, 5.74) is 0.162. The molecule has 0 atom stereocenters. The first kappa shape index (κ1) is 13.2. The standard InChI is InChI=1S/C15H16O4/c1-9(2)19-14-11-5-4-6-13(18-3)10(11)7-8-12(14)15(16)17/h4-9H,1-3H3,(H,16,17). The topological polar surface area (TPSA) is 55.8 Å². The molecule has 0 saturated carbocycles. The summed E-state index contributed by atoms with van der Waals surface area (Å²) >= 11 is 0. The van der Waals surface area contributed by atoms with E-state index in [1.807, 2.05) is 32.0 Å². The first-order chi connectivity index (χ1) is 9.04. The number of ether oxygens (including phenoxy) is 2. The van der Waals surface area contributed by atoms with Crippen LogP contribution in [0.3, 0.4) is 0 Å². The number of carbonyl (C=O) groups is 1. The summed E-state index contributed by atoms with van der Waals surface area (Å²) in [4.78, 5) is 11.3. The van der Waals surface area contributed by atoms with Crippen molar-refractivity contribution < 1.29 is 19.4 Å². The fraction of sp³-hybridized carbons (Fsp3) is 0.267. The Morgan fingerprint density at radius 3 is 2.47 bits per heavy atom. The molecular weight excluding hydrogens is 244 g/mol. The van der Waals surface area contributed by atoms with E-state index in [0.29, 0.717) is 11.5 Å². The Kier molecular flexibility index (Phi) is 3.60. The lowest BCUT2D eigenvalue weighted by atomic mass is 10.0. The molecule has 0 unspecified atom stereocenters. The minimum atomic E-state index is -1.000. The van der Waals surface area contributed by atoms with Crippen LogP contribution in [0.1, 0.15) is 24.2 Å². The lowest BCUT2D eigenvalue weighted by Gasteiger charge is -2.16. The number of methoxy groups -OCH3 is 1. The van der Waals surface area contributed by atoms with Gasteiger partial charge in [0.2, 0.25) is 0 Å². The molecule has 100 valence electrons. The maximum absolute atomic E-state index is 11.3. The van der Waals surface area contributed by atoms with E-state index < -0.39 is 5.97 Å². The van der Waals surface area contributed by atoms with Gasteiger partial charge in [0.05, 0.1) is 13.2 Å². The van der Waals surface area contributed by atoms with Crippen molar-refractivity contribution in [3.63, 3.8) is 0 Å². The Labute approximate surface area is 111 Å². The molecule has 2 aromatic carbocycles. The van der Waals surface area contributed by atoms with Crippen molar-refractivity contribution in [1.82, 2.24) is 0 Å². The quantitative estimate of drug-likeness (QED) is 0.916. The van der Waals surface area contributed by atoms with Gasteiger partial charge in [-0.05, 0) is 32.0 Å². The summed E-state index contributed by atoms with van der Waals surface area (Å²) in [5, 5.41) is 10.8. The van der Waals surface area contributed by atoms with Crippen LogP contribution in [0, 0.1) is 0 Å². The summed E-state index contributed by atoms with van der Waals surface area (Å²) in [5.74, 6) is 0.0855. The van der Waals surface area contributed by atoms with E-state index >= 15 is 0 Å². The highest BCUT2D eigenvalue weighted by Crippen LogP contribution is 2.35. The van der Waals surface area contributed by atoms with Crippen LogP contribution in [0.15, 0.2) is 30.3 Å². The fourth-order valence-electron chi connectivity index (χ4n) is 2.01. The number of rotatable bonds is 4. The van der Waals surface area contributed by atoms with Crippen molar-refractivity contribution in [2.75, 3.05) is 7.11 Å². The molecule has 0 aromatic heterocycles. The van der Waals surface area contributed by atoms with Crippen molar-refractivity contribution in [3.8, 4) is 11.5 Å². The first-order valence-corrected chi connectivity index (χ1v) is 6.04. The Hall–Kier alpha value is -2.23. The summed E-state index contributed by atoms with van der Waals surface area (Å²) < 4.78 is 11.0. The Morgan fingerprint density at radius 2 is 1.89 bits per heavy atom. The molecule has 2 aromatic rings. The Morgan fingerprint density at radius 1 is 1.16 bits per heavy atom. The SMILES string of the molecule is COc1cccc2c(OC(C)C)c(C(=O)O)ccc12. The lowest BCUT2D eigenvalue weighted by molar-refractivity contribution is 0.0691. The number of hydrogen-bond donors (Lipinski definition) is 1. The van der Waals surface area contributed by atoms with Gasteiger partial charge in [-0.3, -0.25) is 0 Å². The van der Waals surface area contributed by atoms with Crippen LogP contribution in [0.4, 0.5) is 0 Å². The highest BCUT2D eigenvalue weighted by atomic mass is 16.5. The highest BCUT2D eigenvalue weighted by molar-refractivity contribution is 6.02. The molecule has 19 heavy (non-hydrogen) atoms. The predicted octanol–water partition coefficient (Wildman–Crippen LogP) is 3.33. The van der Waals surface area contributed by atoms with Gasteiger partial charge in [-0.15, -0.1) is 0 Å². The smallest absolute Gasteiger partial charge is 0.339 e. The lowest BCUT2D eigenvalue weighted by Crippen LogP contribution is -2.10. The van der Waals surface area contributed by atoms with E-state index in [1.54, 1.807) is 19.2 Å². The van der Waals surface area contributed by atoms with Crippen LogP contribution < -0.4 is 9.47 Å². The van der Waals surface area contributed by atoms with Crippen LogP contribution in [0.2, 0.25) is 0 Å². The van der Waals surface area contributed by atoms with E-state index in [0.717, 1.165) is 10.8 Å². The van der Waals surface area contributed by atoms with Crippen molar-refractivity contribution in [2.24, 2.45) is 0 Å². The monoisotopic (exact) mass is 260 g/mol. The number of benzene rings is 2. The van der Waals surface area contributed by atoms with Crippen LogP contribution in [0.25, 0.3) is 10.8 Å². The largest absolute Gasteiger partial charge is 0.496 e. The molecule has 0 aliphatic carbocycles. The first-order valence-electron chi connectivity index (χ1n) is 6.04. The predicted molar refractivity (Wildman–Crippen MR) is 73.2 cm³/mol. The Balaban J connectivity index is 2.76. The zero-order chi connectivity index (χ0) is 14.0. The number of aromatic carboxylic acids is 1. The normalized spacial score (nSPS) is 10.7. The van der Waals surface area contributed by atoms with Gasteiger partial charge in [-0.25, -0.2) is 4.79 Å². The molecule has 0 bridgehead atoms. The fourth-order valence-corrected chi connectivity index (χ4v) is 2.01. The van der Waals surface area contributed by atoms with Crippen molar-refractivity contribution in [3.05, 3.63) is 35.9 Å². The summed E-state index contributed by atoms with van der Waals surface area (Å²) in [6.07, 6.45) is -0.102. The van der Waals surface area contributed by atoms with Crippen LogP contribution in [-0.2, 0) is 0 Å². The van der Waals surface area contributed by atoms with Crippen molar-refractivity contribution >= 4 is 16.7 Å². The molecule has 0 saturated heterocycles. The average Bonchev–Trinajstić information content (AvgIpc) is 2.37. The van der Waals surface area contributed by atoms with E-state index in [-0.39, 0.29) is 11.7 Å².